The average molecular weight is 321 g/mol. The van der Waals surface area contributed by atoms with Crippen LogP contribution in [0, 0.1) is 0 Å². The van der Waals surface area contributed by atoms with Gasteiger partial charge in [0, 0.05) is 32.9 Å². The van der Waals surface area contributed by atoms with Crippen LogP contribution in [0.4, 0.5) is 0 Å². The molecule has 0 saturated carbocycles. The second-order valence-corrected chi connectivity index (χ2v) is 5.47. The molecule has 0 bridgehead atoms. The Hall–Kier alpha value is -1.85. The molecule has 1 N–H and O–H groups in total. The van der Waals surface area contributed by atoms with Crippen LogP contribution in [0.2, 0.25) is 0 Å². The maximum Gasteiger partial charge on any atom is 0.246 e. The van der Waals surface area contributed by atoms with Crippen molar-refractivity contribution >= 4 is 12.0 Å². The molecule has 0 saturated heterocycles. The molecule has 5 heteroatoms. The van der Waals surface area contributed by atoms with Crippen LogP contribution in [0.15, 0.2) is 30.3 Å². The Balaban J connectivity index is 2.67. The van der Waals surface area contributed by atoms with Gasteiger partial charge in [-0.15, -0.1) is 0 Å². The second kappa shape index (κ2) is 10.8. The van der Waals surface area contributed by atoms with Gasteiger partial charge in [-0.3, -0.25) is 4.79 Å². The molecule has 128 valence electrons. The summed E-state index contributed by atoms with van der Waals surface area (Å²) < 4.78 is 10.6. The van der Waals surface area contributed by atoms with E-state index in [9.17, 15) is 4.79 Å². The third-order valence-electron chi connectivity index (χ3n) is 3.11. The summed E-state index contributed by atoms with van der Waals surface area (Å²) in [5.74, 6) is 0.659. The molecule has 0 aliphatic heterocycles. The van der Waals surface area contributed by atoms with Gasteiger partial charge in [0.15, 0.2) is 0 Å². The first-order valence-corrected chi connectivity index (χ1v) is 7.90. The summed E-state index contributed by atoms with van der Waals surface area (Å²) in [5.41, 5.74) is 0.900. The second-order valence-electron chi connectivity index (χ2n) is 5.47. The summed E-state index contributed by atoms with van der Waals surface area (Å²) in [6.07, 6.45) is 4.14. The third kappa shape index (κ3) is 7.81. The number of rotatable bonds is 10. The van der Waals surface area contributed by atoms with Crippen molar-refractivity contribution in [2.24, 2.45) is 0 Å². The first kappa shape index (κ1) is 19.2. The Labute approximate surface area is 138 Å². The number of hydrogen-bond acceptors (Lipinski definition) is 4. The van der Waals surface area contributed by atoms with E-state index in [0.29, 0.717) is 19.7 Å². The maximum absolute atomic E-state index is 12.2. The number of hydrogen-bond donors (Lipinski definition) is 1. The number of benzene rings is 1. The molecule has 0 fully saturated rings. The van der Waals surface area contributed by atoms with Gasteiger partial charge in [-0.05, 0) is 44.0 Å². The zero-order chi connectivity index (χ0) is 17.1. The van der Waals surface area contributed by atoms with Gasteiger partial charge in [0.2, 0.25) is 5.91 Å². The quantitative estimate of drug-likeness (QED) is 0.531. The molecule has 23 heavy (non-hydrogen) atoms. The highest BCUT2D eigenvalue weighted by atomic mass is 16.5. The van der Waals surface area contributed by atoms with E-state index >= 15 is 0 Å². The van der Waals surface area contributed by atoms with Crippen molar-refractivity contribution in [1.29, 1.82) is 0 Å². The molecule has 1 aromatic carbocycles. The van der Waals surface area contributed by atoms with Crippen molar-refractivity contribution in [1.82, 2.24) is 4.90 Å². The fourth-order valence-electron chi connectivity index (χ4n) is 2.09. The average Bonchev–Trinajstić information content (AvgIpc) is 2.51. The van der Waals surface area contributed by atoms with E-state index in [1.54, 1.807) is 18.1 Å². The van der Waals surface area contributed by atoms with Crippen molar-refractivity contribution in [2.45, 2.75) is 26.4 Å². The summed E-state index contributed by atoms with van der Waals surface area (Å²) in [5, 5.41) is 9.08. The van der Waals surface area contributed by atoms with E-state index in [1.807, 2.05) is 38.1 Å². The summed E-state index contributed by atoms with van der Waals surface area (Å²) in [6, 6.07) is 7.59. The van der Waals surface area contributed by atoms with E-state index in [4.69, 9.17) is 14.6 Å². The summed E-state index contributed by atoms with van der Waals surface area (Å²) in [4.78, 5) is 13.8. The Bertz CT molecular complexity index is 500. The molecule has 1 aromatic rings. The molecular formula is C18H27NO4. The SMILES string of the molecule is COCCCN(CCO)C(=O)/C=C/c1cccc(OC(C)C)c1. The molecule has 0 aromatic heterocycles. The molecule has 0 spiro atoms. The minimum absolute atomic E-state index is 0.0513. The lowest BCUT2D eigenvalue weighted by atomic mass is 10.2. The predicted molar refractivity (Wildman–Crippen MR) is 91.4 cm³/mol. The number of ether oxygens (including phenoxy) is 2. The number of carbonyl (C=O) groups is 1. The van der Waals surface area contributed by atoms with Crippen LogP contribution in [-0.2, 0) is 9.53 Å². The van der Waals surface area contributed by atoms with Crippen LogP contribution >= 0.6 is 0 Å². The maximum atomic E-state index is 12.2. The largest absolute Gasteiger partial charge is 0.491 e. The monoisotopic (exact) mass is 321 g/mol. The first-order valence-electron chi connectivity index (χ1n) is 7.90. The molecule has 0 atom stereocenters. The van der Waals surface area contributed by atoms with Gasteiger partial charge >= 0.3 is 0 Å². The molecular weight excluding hydrogens is 294 g/mol. The normalized spacial score (nSPS) is 11.2. The molecule has 0 unspecified atom stereocenters. The summed E-state index contributed by atoms with van der Waals surface area (Å²) >= 11 is 0. The minimum atomic E-state index is -0.120. The van der Waals surface area contributed by atoms with Gasteiger partial charge in [0.25, 0.3) is 0 Å². The minimum Gasteiger partial charge on any atom is -0.491 e. The van der Waals surface area contributed by atoms with Crippen molar-refractivity contribution in [3.8, 4) is 5.75 Å². The van der Waals surface area contributed by atoms with Gasteiger partial charge in [0.1, 0.15) is 5.75 Å². The van der Waals surface area contributed by atoms with Gasteiger partial charge < -0.3 is 19.5 Å². The highest BCUT2D eigenvalue weighted by Gasteiger charge is 2.09. The predicted octanol–water partition coefficient (Wildman–Crippen LogP) is 2.34. The zero-order valence-corrected chi connectivity index (χ0v) is 14.2. The molecule has 0 aliphatic carbocycles. The van der Waals surface area contributed by atoms with Crippen molar-refractivity contribution in [3.05, 3.63) is 35.9 Å². The number of aliphatic hydroxyl groups excluding tert-OH is 1. The molecule has 0 aliphatic rings. The van der Waals surface area contributed by atoms with E-state index in [2.05, 4.69) is 0 Å². The number of carbonyl (C=O) groups excluding carboxylic acids is 1. The third-order valence-corrected chi connectivity index (χ3v) is 3.11. The topological polar surface area (TPSA) is 59.0 Å². The standard InChI is InChI=1S/C18H27NO4/c1-15(2)23-17-7-4-6-16(14-17)8-9-18(21)19(11-12-20)10-5-13-22-3/h4,6-9,14-15,20H,5,10-13H2,1-3H3/b9-8+. The Morgan fingerprint density at radius 3 is 2.78 bits per heavy atom. The number of aliphatic hydroxyl groups is 1. The smallest absolute Gasteiger partial charge is 0.246 e. The molecule has 1 amide bonds. The van der Waals surface area contributed by atoms with Crippen LogP contribution < -0.4 is 4.74 Å². The van der Waals surface area contributed by atoms with E-state index in [1.165, 1.54) is 6.08 Å². The fourth-order valence-corrected chi connectivity index (χ4v) is 2.09. The molecule has 1 rings (SSSR count). The Morgan fingerprint density at radius 1 is 1.35 bits per heavy atom. The fraction of sp³-hybridized carbons (Fsp3) is 0.500. The Kier molecular flexibility index (Phi) is 9.02. The summed E-state index contributed by atoms with van der Waals surface area (Å²) in [6.45, 7) is 5.37. The highest BCUT2D eigenvalue weighted by Crippen LogP contribution is 2.16. The van der Waals surface area contributed by atoms with E-state index in [-0.39, 0.29) is 18.6 Å². The lowest BCUT2D eigenvalue weighted by Gasteiger charge is -2.19. The highest BCUT2D eigenvalue weighted by molar-refractivity contribution is 5.91. The number of methoxy groups -OCH3 is 1. The van der Waals surface area contributed by atoms with Crippen molar-refractivity contribution in [3.63, 3.8) is 0 Å². The van der Waals surface area contributed by atoms with Gasteiger partial charge in [-0.2, -0.15) is 0 Å². The lowest BCUT2D eigenvalue weighted by Crippen LogP contribution is -2.33. The van der Waals surface area contributed by atoms with Crippen LogP contribution in [0.1, 0.15) is 25.8 Å². The van der Waals surface area contributed by atoms with Crippen LogP contribution in [-0.4, -0.2) is 55.4 Å². The number of amides is 1. The van der Waals surface area contributed by atoms with Crippen LogP contribution in [0.25, 0.3) is 6.08 Å². The van der Waals surface area contributed by atoms with Gasteiger partial charge in [0.05, 0.1) is 12.7 Å². The molecule has 5 nitrogen and oxygen atoms in total. The number of nitrogens with zero attached hydrogens (tertiary/aromatic N) is 1. The van der Waals surface area contributed by atoms with E-state index < -0.39 is 0 Å². The molecule has 0 radical (unpaired) electrons. The first-order chi connectivity index (χ1) is 11.1. The zero-order valence-electron chi connectivity index (χ0n) is 14.2. The van der Waals surface area contributed by atoms with Gasteiger partial charge in [-0.1, -0.05) is 12.1 Å². The van der Waals surface area contributed by atoms with Crippen molar-refractivity contribution < 1.29 is 19.4 Å². The van der Waals surface area contributed by atoms with Crippen LogP contribution in [0.3, 0.4) is 0 Å². The summed E-state index contributed by atoms with van der Waals surface area (Å²) in [7, 11) is 1.63. The van der Waals surface area contributed by atoms with Crippen molar-refractivity contribution in [2.75, 3.05) is 33.4 Å². The van der Waals surface area contributed by atoms with Crippen LogP contribution in [0.5, 0.6) is 5.75 Å². The lowest BCUT2D eigenvalue weighted by molar-refractivity contribution is -0.126. The van der Waals surface area contributed by atoms with E-state index in [0.717, 1.165) is 17.7 Å². The van der Waals surface area contributed by atoms with Gasteiger partial charge in [-0.25, -0.2) is 0 Å². The molecule has 0 heterocycles. The Morgan fingerprint density at radius 2 is 2.13 bits per heavy atom.